The van der Waals surface area contributed by atoms with Crippen LogP contribution in [0.1, 0.15) is 45.6 Å². The molecule has 42 heavy (non-hydrogen) atoms. The van der Waals surface area contributed by atoms with E-state index in [1.807, 2.05) is 81.4 Å². The molecule has 224 valence electrons. The number of rotatable bonds is 10. The van der Waals surface area contributed by atoms with Gasteiger partial charge in [0.05, 0.1) is 31.2 Å². The highest BCUT2D eigenvalue weighted by molar-refractivity contribution is 7.19. The first-order valence-corrected chi connectivity index (χ1v) is 15.4. The van der Waals surface area contributed by atoms with Crippen molar-refractivity contribution in [1.29, 1.82) is 0 Å². The summed E-state index contributed by atoms with van der Waals surface area (Å²) in [6.07, 6.45) is 2.08. The summed E-state index contributed by atoms with van der Waals surface area (Å²) in [6, 6.07) is 19.5. The van der Waals surface area contributed by atoms with Crippen LogP contribution in [0.5, 0.6) is 0 Å². The number of fused-ring (bicyclic) bond motifs is 3. The molecular formula is C32H40N4O5S. The van der Waals surface area contributed by atoms with Crippen LogP contribution >= 0.6 is 11.3 Å². The number of carbonyl (C=O) groups excluding carboxylic acids is 2. The Morgan fingerprint density at radius 3 is 2.29 bits per heavy atom. The lowest BCUT2D eigenvalue weighted by Gasteiger charge is -2.47. The van der Waals surface area contributed by atoms with E-state index in [4.69, 9.17) is 19.2 Å². The maximum Gasteiger partial charge on any atom is 0.416 e. The fourth-order valence-corrected chi connectivity index (χ4v) is 6.30. The molecule has 3 saturated heterocycles. The number of hydrogen-bond acceptors (Lipinski definition) is 8. The van der Waals surface area contributed by atoms with Gasteiger partial charge in [0.2, 0.25) is 0 Å². The first-order chi connectivity index (χ1) is 20.2. The van der Waals surface area contributed by atoms with Crippen LogP contribution in [0.3, 0.4) is 0 Å². The molecule has 0 unspecified atom stereocenters. The second kappa shape index (κ2) is 13.2. The maximum atomic E-state index is 13.4. The minimum atomic E-state index is -0.695. The predicted octanol–water partition coefficient (Wildman–Crippen LogP) is 6.80. The predicted molar refractivity (Wildman–Crippen MR) is 165 cm³/mol. The van der Waals surface area contributed by atoms with Gasteiger partial charge in [-0.1, -0.05) is 72.0 Å². The van der Waals surface area contributed by atoms with Crippen molar-refractivity contribution in [2.45, 2.75) is 52.2 Å². The third-order valence-electron chi connectivity index (χ3n) is 7.67. The molecule has 4 heterocycles. The van der Waals surface area contributed by atoms with Gasteiger partial charge in [0.25, 0.3) is 0 Å². The minimum Gasteiger partial charge on any atom is -0.449 e. The van der Waals surface area contributed by atoms with Gasteiger partial charge in [-0.25, -0.2) is 14.6 Å². The zero-order valence-corrected chi connectivity index (χ0v) is 25.5. The number of carbonyl (C=O) groups is 2. The van der Waals surface area contributed by atoms with Gasteiger partial charge in [-0.15, -0.1) is 0 Å². The number of piperidine rings is 3. The SMILES string of the molecule is CC(C)(C)OC(=O)N(CCOCc1ccccc1)c1nc(NC(=O)OCC23CCN(CC2)CC3)c(-c2ccccc2)s1. The molecule has 0 saturated carbocycles. The number of hydrogen-bond donors (Lipinski definition) is 1. The number of nitrogens with one attached hydrogen (secondary N) is 1. The highest BCUT2D eigenvalue weighted by Crippen LogP contribution is 2.41. The smallest absolute Gasteiger partial charge is 0.416 e. The molecule has 2 bridgehead atoms. The Morgan fingerprint density at radius 2 is 1.64 bits per heavy atom. The number of ether oxygens (including phenoxy) is 3. The summed E-state index contributed by atoms with van der Waals surface area (Å²) in [6.45, 7) is 9.99. The molecule has 2 amide bonds. The fourth-order valence-electron chi connectivity index (χ4n) is 5.26. The molecule has 1 N–H and O–H groups in total. The summed E-state index contributed by atoms with van der Waals surface area (Å²) in [5, 5.41) is 3.27. The van der Waals surface area contributed by atoms with Crippen LogP contribution in [0.25, 0.3) is 10.4 Å². The van der Waals surface area contributed by atoms with Gasteiger partial charge in [-0.3, -0.25) is 10.2 Å². The van der Waals surface area contributed by atoms with Crippen LogP contribution < -0.4 is 10.2 Å². The van der Waals surface area contributed by atoms with Crippen LogP contribution in [-0.4, -0.2) is 67.1 Å². The van der Waals surface area contributed by atoms with E-state index in [0.29, 0.717) is 24.2 Å². The molecular weight excluding hydrogens is 552 g/mol. The lowest BCUT2D eigenvalue weighted by atomic mass is 9.73. The van der Waals surface area contributed by atoms with E-state index in [-0.39, 0.29) is 18.6 Å². The molecule has 6 rings (SSSR count). The van der Waals surface area contributed by atoms with Gasteiger partial charge in [0, 0.05) is 5.41 Å². The highest BCUT2D eigenvalue weighted by atomic mass is 32.1. The fraction of sp³-hybridized carbons (Fsp3) is 0.469. The van der Waals surface area contributed by atoms with Crippen molar-refractivity contribution >= 4 is 34.5 Å². The Morgan fingerprint density at radius 1 is 1.00 bits per heavy atom. The van der Waals surface area contributed by atoms with E-state index < -0.39 is 17.8 Å². The van der Waals surface area contributed by atoms with Crippen LogP contribution in [-0.2, 0) is 20.8 Å². The molecule has 0 radical (unpaired) electrons. The van der Waals surface area contributed by atoms with Gasteiger partial charge in [0.1, 0.15) is 5.60 Å². The van der Waals surface area contributed by atoms with Crippen molar-refractivity contribution in [3.63, 3.8) is 0 Å². The third-order valence-corrected chi connectivity index (χ3v) is 8.80. The van der Waals surface area contributed by atoms with Crippen LogP contribution in [0, 0.1) is 5.41 Å². The van der Waals surface area contributed by atoms with E-state index in [9.17, 15) is 9.59 Å². The number of amides is 2. The van der Waals surface area contributed by atoms with Crippen molar-refractivity contribution < 1.29 is 23.8 Å². The molecule has 0 aliphatic carbocycles. The van der Waals surface area contributed by atoms with E-state index in [1.54, 1.807) is 0 Å². The summed E-state index contributed by atoms with van der Waals surface area (Å²) < 4.78 is 17.4. The van der Waals surface area contributed by atoms with Crippen LogP contribution in [0.15, 0.2) is 60.7 Å². The Hall–Kier alpha value is -3.47. The molecule has 0 spiro atoms. The van der Waals surface area contributed by atoms with Crippen molar-refractivity contribution in [1.82, 2.24) is 9.88 Å². The molecule has 1 aromatic heterocycles. The van der Waals surface area contributed by atoms with Crippen molar-refractivity contribution in [2.24, 2.45) is 5.41 Å². The van der Waals surface area contributed by atoms with Gasteiger partial charge < -0.3 is 19.1 Å². The zero-order valence-electron chi connectivity index (χ0n) is 24.6. The molecule has 10 heteroatoms. The Labute approximate surface area is 251 Å². The number of anilines is 2. The first-order valence-electron chi connectivity index (χ1n) is 14.5. The maximum absolute atomic E-state index is 13.4. The number of nitrogens with zero attached hydrogens (tertiary/aromatic N) is 3. The lowest BCUT2D eigenvalue weighted by molar-refractivity contribution is -0.0190. The van der Waals surface area contributed by atoms with Gasteiger partial charge in [0.15, 0.2) is 10.9 Å². The molecule has 3 aromatic rings. The van der Waals surface area contributed by atoms with Gasteiger partial charge >= 0.3 is 12.2 Å². The second-order valence-corrected chi connectivity index (χ2v) is 13.0. The number of aromatic nitrogens is 1. The standard InChI is InChI=1S/C32H40N4O5S/c1-31(2,3)41-30(38)36(20-21-39-22-24-10-6-4-7-11-24)28-33-27(26(42-28)25-12-8-5-9-13-25)34-29(37)40-23-32-14-17-35(18-15-32)19-16-32/h4-13H,14-23H2,1-3H3,(H,34,37). The van der Waals surface area contributed by atoms with Crippen LogP contribution in [0.2, 0.25) is 0 Å². The van der Waals surface area contributed by atoms with E-state index in [0.717, 1.165) is 54.9 Å². The molecule has 0 atom stereocenters. The molecule has 3 fully saturated rings. The number of thiazole rings is 1. The molecule has 2 aromatic carbocycles. The first kappa shape index (κ1) is 30.0. The third kappa shape index (κ3) is 7.87. The molecule has 3 aliphatic rings. The molecule has 9 nitrogen and oxygen atoms in total. The van der Waals surface area contributed by atoms with Gasteiger partial charge in [-0.2, -0.15) is 0 Å². The Kier molecular flexibility index (Phi) is 9.45. The van der Waals surface area contributed by atoms with E-state index in [1.165, 1.54) is 16.2 Å². The Bertz CT molecular complexity index is 1320. The normalized spacial score (nSPS) is 19.7. The quantitative estimate of drug-likeness (QED) is 0.259. The highest BCUT2D eigenvalue weighted by Gasteiger charge is 2.40. The summed E-state index contributed by atoms with van der Waals surface area (Å²) in [5.41, 5.74) is 1.29. The summed E-state index contributed by atoms with van der Waals surface area (Å²) in [4.78, 5) is 35.8. The summed E-state index contributed by atoms with van der Waals surface area (Å²) in [7, 11) is 0. The number of benzene rings is 2. The van der Waals surface area contributed by atoms with Crippen LogP contribution in [0.4, 0.5) is 20.5 Å². The zero-order chi connectivity index (χ0) is 29.6. The van der Waals surface area contributed by atoms with Gasteiger partial charge in [-0.05, 0) is 70.8 Å². The van der Waals surface area contributed by atoms with Crippen molar-refractivity contribution in [2.75, 3.05) is 49.6 Å². The molecule has 3 aliphatic heterocycles. The average Bonchev–Trinajstić information content (AvgIpc) is 3.40. The van der Waals surface area contributed by atoms with E-state index in [2.05, 4.69) is 10.2 Å². The topological polar surface area (TPSA) is 93.2 Å². The Balaban J connectivity index is 1.33. The largest absolute Gasteiger partial charge is 0.449 e. The lowest BCUT2D eigenvalue weighted by Crippen LogP contribution is -2.50. The average molecular weight is 593 g/mol. The monoisotopic (exact) mass is 592 g/mol. The van der Waals surface area contributed by atoms with Crippen molar-refractivity contribution in [3.8, 4) is 10.4 Å². The van der Waals surface area contributed by atoms with E-state index >= 15 is 0 Å². The second-order valence-electron chi connectivity index (χ2n) is 12.0. The van der Waals surface area contributed by atoms with Crippen molar-refractivity contribution in [3.05, 3.63) is 66.2 Å². The summed E-state index contributed by atoms with van der Waals surface area (Å²) in [5.74, 6) is 0.348. The summed E-state index contributed by atoms with van der Waals surface area (Å²) >= 11 is 1.31. The minimum absolute atomic E-state index is 0.0643.